The van der Waals surface area contributed by atoms with E-state index in [2.05, 4.69) is 91.5 Å². The van der Waals surface area contributed by atoms with Gasteiger partial charge in [0.05, 0.1) is 0 Å². The summed E-state index contributed by atoms with van der Waals surface area (Å²) in [5.41, 5.74) is 6.26. The van der Waals surface area contributed by atoms with Crippen molar-refractivity contribution in [2.75, 3.05) is 0 Å². The van der Waals surface area contributed by atoms with Crippen molar-refractivity contribution in [1.29, 1.82) is 0 Å². The zero-order valence-electron chi connectivity index (χ0n) is 17.2. The van der Waals surface area contributed by atoms with E-state index in [1.165, 1.54) is 5.57 Å². The predicted molar refractivity (Wildman–Crippen MR) is 113 cm³/mol. The zero-order valence-corrected chi connectivity index (χ0v) is 19.7. The maximum absolute atomic E-state index is 2.64. The minimum absolute atomic E-state index is 0.265. The Morgan fingerprint density at radius 2 is 1.38 bits per heavy atom. The second kappa shape index (κ2) is 7.21. The maximum Gasteiger partial charge on any atom is 0.439 e. The fraction of sp³-hybridized carbons (Fsp3) is 0.591. The third-order valence-electron chi connectivity index (χ3n) is 5.14. The van der Waals surface area contributed by atoms with Gasteiger partial charge in [-0.05, 0) is 42.2 Å². The molecule has 0 bridgehead atoms. The molecule has 0 heterocycles. The summed E-state index contributed by atoms with van der Waals surface area (Å²) in [5.74, 6) is 1.25. The fourth-order valence-corrected chi connectivity index (χ4v) is 6.75. The Labute approximate surface area is 161 Å². The van der Waals surface area contributed by atoms with E-state index in [1.54, 1.807) is 13.0 Å². The number of rotatable bonds is 3. The highest BCUT2D eigenvalue weighted by Gasteiger charge is 2.29. The van der Waals surface area contributed by atoms with Crippen molar-refractivity contribution in [3.05, 3.63) is 42.9 Å². The van der Waals surface area contributed by atoms with Crippen molar-refractivity contribution in [2.24, 2.45) is 22.7 Å². The van der Waals surface area contributed by atoms with Crippen LogP contribution in [0.3, 0.4) is 0 Å². The van der Waals surface area contributed by atoms with E-state index in [9.17, 15) is 0 Å². The van der Waals surface area contributed by atoms with Crippen LogP contribution in [0.15, 0.2) is 42.9 Å². The second-order valence-corrected chi connectivity index (χ2v) is 14.4. The summed E-state index contributed by atoms with van der Waals surface area (Å²) in [4.78, 5) is 0. The number of allylic oxidation sites excluding steroid dienone is 8. The predicted octanol–water partition coefficient (Wildman–Crippen LogP) is 5.82. The van der Waals surface area contributed by atoms with Gasteiger partial charge in [0.1, 0.15) is 0 Å². The largest absolute Gasteiger partial charge is 0.439 e. The van der Waals surface area contributed by atoms with Crippen LogP contribution in [-0.2, 0) is 0 Å². The van der Waals surface area contributed by atoms with E-state index in [0.29, 0.717) is 11.8 Å². The summed E-state index contributed by atoms with van der Waals surface area (Å²) in [6, 6.07) is 0. The first kappa shape index (κ1) is 20.1. The zero-order chi connectivity index (χ0) is 18.3. The van der Waals surface area contributed by atoms with E-state index in [0.717, 1.165) is 0 Å². The molecule has 0 aromatic carbocycles. The summed E-state index contributed by atoms with van der Waals surface area (Å²) < 4.78 is 3.47. The molecule has 2 rings (SSSR count). The highest BCUT2D eigenvalue weighted by Crippen LogP contribution is 2.39. The fourth-order valence-electron chi connectivity index (χ4n) is 3.46. The van der Waals surface area contributed by atoms with Gasteiger partial charge in [-0.25, -0.2) is 0 Å². The van der Waals surface area contributed by atoms with E-state index in [-0.39, 0.29) is 39.6 Å². The van der Waals surface area contributed by atoms with Gasteiger partial charge in [0.15, 0.2) is 0 Å². The third-order valence-corrected chi connectivity index (χ3v) is 8.50. The first-order valence-corrected chi connectivity index (χ1v) is 13.4. The summed E-state index contributed by atoms with van der Waals surface area (Å²) in [7, 11) is -0.319. The molecular weight excluding hydrogens is 317 g/mol. The lowest BCUT2D eigenvalue weighted by Crippen LogP contribution is -2.14. The average Bonchev–Trinajstić information content (AvgIpc) is 2.94. The first-order valence-electron chi connectivity index (χ1n) is 9.38. The molecule has 2 heteroatoms. The van der Waals surface area contributed by atoms with Gasteiger partial charge in [-0.15, -0.1) is 0 Å². The van der Waals surface area contributed by atoms with Crippen molar-refractivity contribution < 1.29 is 0 Å². The molecule has 0 fully saturated rings. The molecule has 0 amide bonds. The third kappa shape index (κ3) is 4.92. The molecule has 0 aromatic rings. The van der Waals surface area contributed by atoms with Crippen LogP contribution in [0.25, 0.3) is 0 Å². The first-order chi connectivity index (χ1) is 10.9. The Morgan fingerprint density at radius 3 is 1.83 bits per heavy atom. The highest BCUT2D eigenvalue weighted by molar-refractivity contribution is 6.65. The van der Waals surface area contributed by atoms with Gasteiger partial charge in [-0.2, -0.15) is 7.40 Å². The Kier molecular flexibility index (Phi) is 6.04. The smallest absolute Gasteiger partial charge is 0.179 e. The van der Waals surface area contributed by atoms with Crippen molar-refractivity contribution >= 4 is 34.4 Å². The van der Waals surface area contributed by atoms with Crippen LogP contribution < -0.4 is 0 Å². The molecule has 2 atom stereocenters. The van der Waals surface area contributed by atoms with Crippen LogP contribution in [0.1, 0.15) is 48.5 Å². The van der Waals surface area contributed by atoms with Crippen molar-refractivity contribution in [3.63, 3.8) is 0 Å². The number of hydrogen-bond donors (Lipinski definition) is 0. The van der Waals surface area contributed by atoms with E-state index in [1.807, 2.05) is 0 Å². The molecule has 0 radical (unpaired) electrons. The molecule has 24 heavy (non-hydrogen) atoms. The van der Waals surface area contributed by atoms with Gasteiger partial charge in [0.25, 0.3) is 0 Å². The average molecular weight is 351 g/mol. The molecule has 0 N–H and O–H groups in total. The highest BCUT2D eigenvalue weighted by atomic mass is 28.2. The van der Waals surface area contributed by atoms with Crippen molar-refractivity contribution in [2.45, 2.75) is 61.6 Å². The van der Waals surface area contributed by atoms with Crippen LogP contribution >= 0.6 is 0 Å². The monoisotopic (exact) mass is 350 g/mol. The van der Waals surface area contributed by atoms with Gasteiger partial charge in [0.2, 0.25) is 0 Å². The van der Waals surface area contributed by atoms with Gasteiger partial charge in [-0.1, -0.05) is 91.5 Å². The molecule has 0 aliphatic heterocycles. The lowest BCUT2D eigenvalue weighted by molar-refractivity contribution is 0.516. The molecule has 0 saturated carbocycles. The summed E-state index contributed by atoms with van der Waals surface area (Å²) in [6.07, 6.45) is 10.1. The summed E-state index contributed by atoms with van der Waals surface area (Å²) >= 11 is -0.350. The van der Waals surface area contributed by atoms with Crippen molar-refractivity contribution in [3.8, 4) is 0 Å². The van der Waals surface area contributed by atoms with Crippen LogP contribution in [0.2, 0.25) is 13.1 Å². The standard InChI is InChI=1S/C12H19Si.C10H15.Mg/c1-12(2,3)11-7-6-10(8-11)9-13(4)5;1-8-5-6-9(7-8)10(2,3)4;/h7-10H,1-5H3;6-8H,1-4H3;. The normalized spacial score (nSPS) is 24.0. The second-order valence-electron chi connectivity index (χ2n) is 9.92. The number of hydrogen-bond acceptors (Lipinski definition) is 0. The van der Waals surface area contributed by atoms with Crippen LogP contribution in [0, 0.1) is 22.7 Å². The van der Waals surface area contributed by atoms with Gasteiger partial charge in [0, 0.05) is 0 Å². The molecule has 2 aliphatic carbocycles. The SMILES string of the molecule is CC1C=C(C(C)(C)C)C=[C]1[Mg][C]1=CC(C(C)(C)C)=CC1C=[Si](C)C. The topological polar surface area (TPSA) is 0 Å². The lowest BCUT2D eigenvalue weighted by atomic mass is 9.87. The van der Waals surface area contributed by atoms with Crippen LogP contribution in [0.5, 0.6) is 0 Å². The van der Waals surface area contributed by atoms with Crippen LogP contribution in [0.4, 0.5) is 0 Å². The van der Waals surface area contributed by atoms with Gasteiger partial charge in [-0.3, -0.25) is 0 Å². The summed E-state index contributed by atoms with van der Waals surface area (Å²) in [6.45, 7) is 21.2. The Bertz CT molecular complexity index is 653. The quantitative estimate of drug-likeness (QED) is 0.562. The molecule has 0 spiro atoms. The van der Waals surface area contributed by atoms with Crippen molar-refractivity contribution in [1.82, 2.24) is 0 Å². The molecule has 0 nitrogen and oxygen atoms in total. The van der Waals surface area contributed by atoms with Gasteiger partial charge < -0.3 is 0 Å². The van der Waals surface area contributed by atoms with E-state index < -0.39 is 0 Å². The Morgan fingerprint density at radius 1 is 0.875 bits per heavy atom. The molecule has 0 saturated heterocycles. The molecular formula is C22H34MgSi. The molecule has 2 unspecified atom stereocenters. The Hall–Kier alpha value is -0.187. The minimum Gasteiger partial charge on any atom is -0.179 e. The molecule has 0 aromatic heterocycles. The van der Waals surface area contributed by atoms with E-state index >= 15 is 0 Å². The summed E-state index contributed by atoms with van der Waals surface area (Å²) in [5, 5.41) is 0. The maximum atomic E-state index is 2.64. The van der Waals surface area contributed by atoms with Gasteiger partial charge >= 0.3 is 20.4 Å². The molecule has 128 valence electrons. The molecule has 2 aliphatic rings. The Balaban J connectivity index is 2.27. The van der Waals surface area contributed by atoms with E-state index in [4.69, 9.17) is 0 Å². The lowest BCUT2D eigenvalue weighted by Gasteiger charge is -2.18. The minimum atomic E-state index is -0.350. The van der Waals surface area contributed by atoms with Crippen LogP contribution in [-0.4, -0.2) is 34.4 Å².